The highest BCUT2D eigenvalue weighted by atomic mass is 16.5. The molecule has 21 heavy (non-hydrogen) atoms. The molecule has 0 saturated heterocycles. The van der Waals surface area contributed by atoms with Crippen LogP contribution in [0.3, 0.4) is 0 Å². The van der Waals surface area contributed by atoms with Gasteiger partial charge in [-0.25, -0.2) is 0 Å². The first kappa shape index (κ1) is 15.7. The van der Waals surface area contributed by atoms with Crippen molar-refractivity contribution in [3.63, 3.8) is 0 Å². The number of methoxy groups -OCH3 is 1. The molecule has 4 heteroatoms. The molecule has 1 saturated carbocycles. The van der Waals surface area contributed by atoms with Crippen molar-refractivity contribution in [3.8, 4) is 5.75 Å². The quantitative estimate of drug-likeness (QED) is 0.875. The van der Waals surface area contributed by atoms with E-state index in [2.05, 4.69) is 19.2 Å². The molecule has 116 valence electrons. The van der Waals surface area contributed by atoms with Crippen LogP contribution < -0.4 is 15.8 Å². The highest BCUT2D eigenvalue weighted by molar-refractivity contribution is 5.88. The number of carbonyl (C=O) groups excluding carboxylic acids is 1. The van der Waals surface area contributed by atoms with E-state index in [1.54, 1.807) is 7.11 Å². The van der Waals surface area contributed by atoms with Crippen LogP contribution in [0.5, 0.6) is 5.75 Å². The van der Waals surface area contributed by atoms with Crippen molar-refractivity contribution >= 4 is 11.6 Å². The van der Waals surface area contributed by atoms with Crippen molar-refractivity contribution in [2.45, 2.75) is 45.1 Å². The van der Waals surface area contributed by atoms with Gasteiger partial charge in [-0.2, -0.15) is 0 Å². The summed E-state index contributed by atoms with van der Waals surface area (Å²) in [4.78, 5) is 12.3. The topological polar surface area (TPSA) is 64.3 Å². The lowest BCUT2D eigenvalue weighted by Gasteiger charge is -2.45. The molecular weight excluding hydrogens is 264 g/mol. The minimum absolute atomic E-state index is 0.247. The second-order valence-corrected chi connectivity index (χ2v) is 6.29. The van der Waals surface area contributed by atoms with Crippen molar-refractivity contribution < 1.29 is 9.53 Å². The molecule has 1 aromatic rings. The van der Waals surface area contributed by atoms with Gasteiger partial charge in [0.25, 0.3) is 0 Å². The number of primary amides is 1. The molecular formula is C17H26N2O2. The first-order chi connectivity index (χ1) is 9.99. The van der Waals surface area contributed by atoms with E-state index in [4.69, 9.17) is 10.5 Å². The number of hydrogen-bond donors (Lipinski definition) is 2. The lowest BCUT2D eigenvalue weighted by atomic mass is 9.67. The predicted octanol–water partition coefficient (Wildman–Crippen LogP) is 3.18. The van der Waals surface area contributed by atoms with Gasteiger partial charge in [-0.15, -0.1) is 0 Å². The van der Waals surface area contributed by atoms with Gasteiger partial charge in [-0.1, -0.05) is 32.8 Å². The smallest absolute Gasteiger partial charge is 0.243 e. The van der Waals surface area contributed by atoms with Crippen LogP contribution in [-0.2, 0) is 4.79 Å². The molecule has 0 aromatic heterocycles. The Morgan fingerprint density at radius 2 is 2.19 bits per heavy atom. The highest BCUT2D eigenvalue weighted by Crippen LogP contribution is 2.41. The fourth-order valence-electron chi connectivity index (χ4n) is 3.58. The van der Waals surface area contributed by atoms with Crippen LogP contribution in [0.4, 0.5) is 5.69 Å². The van der Waals surface area contributed by atoms with Crippen molar-refractivity contribution in [1.29, 1.82) is 0 Å². The second kappa shape index (κ2) is 6.37. The summed E-state index contributed by atoms with van der Waals surface area (Å²) in [6.07, 6.45) is 4.03. The van der Waals surface area contributed by atoms with E-state index >= 15 is 0 Å². The number of nitrogens with two attached hydrogens (primary N) is 1. The van der Waals surface area contributed by atoms with Crippen molar-refractivity contribution in [3.05, 3.63) is 24.3 Å². The van der Waals surface area contributed by atoms with E-state index in [1.165, 1.54) is 0 Å². The van der Waals surface area contributed by atoms with Gasteiger partial charge in [0, 0.05) is 11.8 Å². The van der Waals surface area contributed by atoms with Gasteiger partial charge in [-0.05, 0) is 36.8 Å². The molecule has 4 nitrogen and oxygen atoms in total. The summed E-state index contributed by atoms with van der Waals surface area (Å²) < 4.78 is 5.26. The molecule has 1 amide bonds. The fraction of sp³-hybridized carbons (Fsp3) is 0.588. The van der Waals surface area contributed by atoms with Crippen LogP contribution >= 0.6 is 0 Å². The Morgan fingerprint density at radius 1 is 1.43 bits per heavy atom. The zero-order valence-electron chi connectivity index (χ0n) is 13.2. The summed E-state index contributed by atoms with van der Waals surface area (Å²) in [6, 6.07) is 7.68. The van der Waals surface area contributed by atoms with E-state index in [-0.39, 0.29) is 11.8 Å². The van der Waals surface area contributed by atoms with Crippen LogP contribution in [0.25, 0.3) is 0 Å². The predicted molar refractivity (Wildman–Crippen MR) is 85.3 cm³/mol. The van der Waals surface area contributed by atoms with Gasteiger partial charge in [0.15, 0.2) is 0 Å². The minimum atomic E-state index is -0.654. The SMILES string of the molecule is COc1cccc(NC2(C(N)=O)CCCCC2C(C)C)c1. The third-order valence-corrected chi connectivity index (χ3v) is 4.65. The Bertz CT molecular complexity index is 501. The third-order valence-electron chi connectivity index (χ3n) is 4.65. The number of benzene rings is 1. The second-order valence-electron chi connectivity index (χ2n) is 6.29. The van der Waals surface area contributed by atoms with Gasteiger partial charge in [0.05, 0.1) is 7.11 Å². The maximum absolute atomic E-state index is 12.3. The van der Waals surface area contributed by atoms with Crippen molar-refractivity contribution in [2.24, 2.45) is 17.6 Å². The maximum atomic E-state index is 12.3. The monoisotopic (exact) mass is 290 g/mol. The van der Waals surface area contributed by atoms with E-state index in [9.17, 15) is 4.79 Å². The summed E-state index contributed by atoms with van der Waals surface area (Å²) in [5, 5.41) is 3.45. The maximum Gasteiger partial charge on any atom is 0.243 e. The molecule has 1 aliphatic rings. The molecule has 2 unspecified atom stereocenters. The largest absolute Gasteiger partial charge is 0.497 e. The summed E-state index contributed by atoms with van der Waals surface area (Å²) in [7, 11) is 1.64. The number of hydrogen-bond acceptors (Lipinski definition) is 3. The number of carbonyl (C=O) groups is 1. The van der Waals surface area contributed by atoms with Gasteiger partial charge >= 0.3 is 0 Å². The Labute approximate surface area is 127 Å². The lowest BCUT2D eigenvalue weighted by molar-refractivity contribution is -0.126. The molecule has 2 atom stereocenters. The summed E-state index contributed by atoms with van der Waals surface area (Å²) in [6.45, 7) is 4.34. The Hall–Kier alpha value is -1.71. The van der Waals surface area contributed by atoms with Crippen molar-refractivity contribution in [1.82, 2.24) is 0 Å². The molecule has 0 spiro atoms. The van der Waals surface area contributed by atoms with Crippen LogP contribution in [0.15, 0.2) is 24.3 Å². The van der Waals surface area contributed by atoms with Gasteiger partial charge in [-0.3, -0.25) is 4.79 Å². The molecule has 3 N–H and O–H groups in total. The molecule has 0 bridgehead atoms. The fourth-order valence-corrected chi connectivity index (χ4v) is 3.58. The van der Waals surface area contributed by atoms with Crippen LogP contribution in [0.2, 0.25) is 0 Å². The average molecular weight is 290 g/mol. The summed E-state index contributed by atoms with van der Waals surface area (Å²) >= 11 is 0. The van der Waals surface area contributed by atoms with Gasteiger partial charge in [0.2, 0.25) is 5.91 Å². The third kappa shape index (κ3) is 3.14. The molecule has 1 aliphatic carbocycles. The van der Waals surface area contributed by atoms with Gasteiger partial charge < -0.3 is 15.8 Å². The van der Waals surface area contributed by atoms with Crippen LogP contribution in [0, 0.1) is 11.8 Å². The number of anilines is 1. The standard InChI is InChI=1S/C17H26N2O2/c1-12(2)15-9-4-5-10-17(15,16(18)20)19-13-7-6-8-14(11-13)21-3/h6-8,11-12,15,19H,4-5,9-10H2,1-3H3,(H2,18,20). The first-order valence-corrected chi connectivity index (χ1v) is 7.72. The molecule has 2 rings (SSSR count). The molecule has 1 fully saturated rings. The molecule has 0 radical (unpaired) electrons. The molecule has 0 aliphatic heterocycles. The van der Waals surface area contributed by atoms with Crippen molar-refractivity contribution in [2.75, 3.05) is 12.4 Å². The average Bonchev–Trinajstić information content (AvgIpc) is 2.47. The number of nitrogens with one attached hydrogen (secondary N) is 1. The van der Waals surface area contributed by atoms with E-state index in [0.29, 0.717) is 5.92 Å². The molecule has 1 aromatic carbocycles. The van der Waals surface area contributed by atoms with Crippen LogP contribution in [-0.4, -0.2) is 18.6 Å². The summed E-state index contributed by atoms with van der Waals surface area (Å²) in [5.41, 5.74) is 6.05. The van der Waals surface area contributed by atoms with Gasteiger partial charge in [0.1, 0.15) is 11.3 Å². The highest BCUT2D eigenvalue weighted by Gasteiger charge is 2.46. The number of ether oxygens (including phenoxy) is 1. The number of amides is 1. The Kier molecular flexibility index (Phi) is 4.76. The zero-order chi connectivity index (χ0) is 15.5. The lowest BCUT2D eigenvalue weighted by Crippen LogP contribution is -2.58. The summed E-state index contributed by atoms with van der Waals surface area (Å²) in [5.74, 6) is 1.20. The minimum Gasteiger partial charge on any atom is -0.497 e. The van der Waals surface area contributed by atoms with E-state index in [1.807, 2.05) is 24.3 Å². The van der Waals surface area contributed by atoms with Crippen LogP contribution in [0.1, 0.15) is 39.5 Å². The molecule has 0 heterocycles. The zero-order valence-corrected chi connectivity index (χ0v) is 13.2. The van der Waals surface area contributed by atoms with E-state index < -0.39 is 5.54 Å². The Morgan fingerprint density at radius 3 is 2.81 bits per heavy atom. The van der Waals surface area contributed by atoms with E-state index in [0.717, 1.165) is 37.1 Å². The Balaban J connectivity index is 2.34. The number of rotatable bonds is 5. The first-order valence-electron chi connectivity index (χ1n) is 7.72. The normalized spacial score (nSPS) is 25.6.